The van der Waals surface area contributed by atoms with E-state index in [2.05, 4.69) is 35.4 Å². The second-order valence-corrected chi connectivity index (χ2v) is 6.74. The van der Waals surface area contributed by atoms with Gasteiger partial charge in [0.1, 0.15) is 11.9 Å². The Kier molecular flexibility index (Phi) is 4.71. The molecule has 1 N–H and O–H groups in total. The van der Waals surface area contributed by atoms with Gasteiger partial charge in [0.15, 0.2) is 0 Å². The van der Waals surface area contributed by atoms with Gasteiger partial charge in [-0.05, 0) is 43.0 Å². The summed E-state index contributed by atoms with van der Waals surface area (Å²) in [5, 5.41) is 11.9. The van der Waals surface area contributed by atoms with Crippen LogP contribution in [0.1, 0.15) is 29.5 Å². The Morgan fingerprint density at radius 3 is 2.68 bits per heavy atom. The van der Waals surface area contributed by atoms with Crippen LogP contribution in [0.4, 0.5) is 5.82 Å². The molecule has 5 nitrogen and oxygen atoms in total. The summed E-state index contributed by atoms with van der Waals surface area (Å²) in [4.78, 5) is 18.3. The summed E-state index contributed by atoms with van der Waals surface area (Å²) >= 11 is 0. The maximum Gasteiger partial charge on any atom is 0.239 e. The third kappa shape index (κ3) is 3.80. The molecule has 0 saturated heterocycles. The van der Waals surface area contributed by atoms with Gasteiger partial charge in [-0.3, -0.25) is 4.79 Å². The lowest BCUT2D eigenvalue weighted by molar-refractivity contribution is -0.119. The lowest BCUT2D eigenvalue weighted by Gasteiger charge is -2.21. The molecule has 2 aromatic rings. The molecule has 1 aromatic heterocycles. The molecule has 1 aliphatic rings. The second kappa shape index (κ2) is 6.94. The average Bonchev–Trinajstić information content (AvgIpc) is 3.41. The first-order valence-corrected chi connectivity index (χ1v) is 8.44. The van der Waals surface area contributed by atoms with Gasteiger partial charge in [-0.2, -0.15) is 5.26 Å². The van der Waals surface area contributed by atoms with Gasteiger partial charge >= 0.3 is 0 Å². The third-order valence-electron chi connectivity index (χ3n) is 4.84. The van der Waals surface area contributed by atoms with Crippen LogP contribution in [0.25, 0.3) is 0 Å². The zero-order valence-corrected chi connectivity index (χ0v) is 14.6. The van der Waals surface area contributed by atoms with Gasteiger partial charge in [0, 0.05) is 25.2 Å². The summed E-state index contributed by atoms with van der Waals surface area (Å²) in [5.41, 5.74) is 3.24. The fraction of sp³-hybridized carbons (Fsp3) is 0.350. The number of amides is 1. The molecule has 1 aliphatic carbocycles. The first kappa shape index (κ1) is 17.0. The van der Waals surface area contributed by atoms with Crippen LogP contribution in [0.2, 0.25) is 0 Å². The molecule has 5 heteroatoms. The average molecular weight is 334 g/mol. The number of nitrogens with one attached hydrogen (secondary N) is 1. The van der Waals surface area contributed by atoms with Crippen LogP contribution in [0.3, 0.4) is 0 Å². The van der Waals surface area contributed by atoms with Crippen molar-refractivity contribution in [3.63, 3.8) is 0 Å². The maximum absolute atomic E-state index is 12.3. The summed E-state index contributed by atoms with van der Waals surface area (Å²) in [6, 6.07) is 13.9. The van der Waals surface area contributed by atoms with Crippen molar-refractivity contribution in [1.29, 1.82) is 5.26 Å². The first-order valence-electron chi connectivity index (χ1n) is 8.44. The molecule has 1 heterocycles. The molecule has 0 radical (unpaired) electrons. The highest BCUT2D eigenvalue weighted by Gasteiger charge is 2.45. The van der Waals surface area contributed by atoms with Crippen LogP contribution in [0.15, 0.2) is 42.6 Å². The number of aryl methyl sites for hydroxylation is 1. The minimum Gasteiger partial charge on any atom is -0.354 e. The van der Waals surface area contributed by atoms with Crippen molar-refractivity contribution in [2.45, 2.75) is 25.2 Å². The fourth-order valence-corrected chi connectivity index (χ4v) is 3.16. The van der Waals surface area contributed by atoms with E-state index in [1.807, 2.05) is 19.2 Å². The van der Waals surface area contributed by atoms with Gasteiger partial charge < -0.3 is 10.2 Å². The van der Waals surface area contributed by atoms with E-state index in [1.54, 1.807) is 17.0 Å². The van der Waals surface area contributed by atoms with Crippen molar-refractivity contribution < 1.29 is 4.79 Å². The number of aromatic nitrogens is 1. The molecule has 1 saturated carbocycles. The van der Waals surface area contributed by atoms with Crippen molar-refractivity contribution in [3.05, 3.63) is 59.3 Å². The van der Waals surface area contributed by atoms with Crippen LogP contribution in [0.5, 0.6) is 0 Å². The molecule has 0 aliphatic heterocycles. The number of hydrogen-bond acceptors (Lipinski definition) is 4. The Hall–Kier alpha value is -2.87. The highest BCUT2D eigenvalue weighted by Crippen LogP contribution is 2.48. The summed E-state index contributed by atoms with van der Waals surface area (Å²) in [6.07, 6.45) is 3.75. The van der Waals surface area contributed by atoms with E-state index >= 15 is 0 Å². The van der Waals surface area contributed by atoms with Crippen LogP contribution < -0.4 is 10.2 Å². The SMILES string of the molecule is Cc1ccccc1C1(CNC(=O)CN(C)c2ccc(C#N)cn2)CC1. The van der Waals surface area contributed by atoms with Crippen LogP contribution in [-0.2, 0) is 10.2 Å². The molecule has 1 amide bonds. The molecule has 0 bridgehead atoms. The zero-order chi connectivity index (χ0) is 17.9. The van der Waals surface area contributed by atoms with Crippen LogP contribution >= 0.6 is 0 Å². The van der Waals surface area contributed by atoms with Crippen LogP contribution in [-0.4, -0.2) is 31.0 Å². The first-order chi connectivity index (χ1) is 12.0. The molecule has 128 valence electrons. The number of carbonyl (C=O) groups is 1. The van der Waals surface area contributed by atoms with Gasteiger partial charge in [0.25, 0.3) is 0 Å². The van der Waals surface area contributed by atoms with Crippen molar-refractivity contribution in [1.82, 2.24) is 10.3 Å². The topological polar surface area (TPSA) is 69.0 Å². The molecule has 1 aromatic carbocycles. The zero-order valence-electron chi connectivity index (χ0n) is 14.6. The van der Waals surface area contributed by atoms with E-state index in [0.29, 0.717) is 17.9 Å². The molecular formula is C20H22N4O. The summed E-state index contributed by atoms with van der Waals surface area (Å²) in [7, 11) is 1.82. The third-order valence-corrected chi connectivity index (χ3v) is 4.84. The number of benzene rings is 1. The van der Waals surface area contributed by atoms with E-state index in [1.165, 1.54) is 17.3 Å². The molecule has 0 atom stereocenters. The predicted molar refractivity (Wildman–Crippen MR) is 97.3 cm³/mol. The Morgan fingerprint density at radius 1 is 1.32 bits per heavy atom. The largest absolute Gasteiger partial charge is 0.354 e. The highest BCUT2D eigenvalue weighted by atomic mass is 16.2. The van der Waals surface area contributed by atoms with Crippen molar-refractivity contribution in [2.75, 3.05) is 25.0 Å². The number of pyridine rings is 1. The summed E-state index contributed by atoms with van der Waals surface area (Å²) < 4.78 is 0. The number of hydrogen-bond donors (Lipinski definition) is 1. The van der Waals surface area contributed by atoms with Gasteiger partial charge in [-0.25, -0.2) is 4.98 Å². The number of rotatable bonds is 6. The van der Waals surface area contributed by atoms with E-state index in [9.17, 15) is 4.79 Å². The number of likely N-dealkylation sites (N-methyl/N-ethyl adjacent to an activating group) is 1. The van der Waals surface area contributed by atoms with E-state index < -0.39 is 0 Å². The number of nitrogens with zero attached hydrogens (tertiary/aromatic N) is 3. The molecule has 1 fully saturated rings. The van der Waals surface area contributed by atoms with Crippen molar-refractivity contribution in [2.24, 2.45) is 0 Å². The quantitative estimate of drug-likeness (QED) is 0.881. The maximum atomic E-state index is 12.3. The molecule has 0 spiro atoms. The summed E-state index contributed by atoms with van der Waals surface area (Å²) in [6.45, 7) is 3.04. The second-order valence-electron chi connectivity index (χ2n) is 6.74. The summed E-state index contributed by atoms with van der Waals surface area (Å²) in [5.74, 6) is 0.655. The molecule has 3 rings (SSSR count). The predicted octanol–water partition coefficient (Wildman–Crippen LogP) is 2.55. The van der Waals surface area contributed by atoms with E-state index in [0.717, 1.165) is 12.8 Å². The highest BCUT2D eigenvalue weighted by molar-refractivity contribution is 5.81. The molecule has 0 unspecified atom stereocenters. The number of nitriles is 1. The Morgan fingerprint density at radius 2 is 2.08 bits per heavy atom. The number of carbonyl (C=O) groups excluding carboxylic acids is 1. The van der Waals surface area contributed by atoms with Crippen molar-refractivity contribution >= 4 is 11.7 Å². The lowest BCUT2D eigenvalue weighted by Crippen LogP contribution is -2.39. The van der Waals surface area contributed by atoms with Gasteiger partial charge in [-0.1, -0.05) is 24.3 Å². The minimum absolute atomic E-state index is 0.0199. The Labute approximate surface area is 148 Å². The fourth-order valence-electron chi connectivity index (χ4n) is 3.16. The van der Waals surface area contributed by atoms with E-state index in [-0.39, 0.29) is 17.9 Å². The van der Waals surface area contributed by atoms with Gasteiger partial charge in [0.05, 0.1) is 12.1 Å². The Balaban J connectivity index is 1.56. The van der Waals surface area contributed by atoms with Gasteiger partial charge in [0.2, 0.25) is 5.91 Å². The molecule has 25 heavy (non-hydrogen) atoms. The normalized spacial score (nSPS) is 14.4. The standard InChI is InChI=1S/C20H22N4O/c1-15-5-3-4-6-17(15)20(9-10-20)14-23-19(25)13-24(2)18-8-7-16(11-21)12-22-18/h3-8,12H,9-10,13-14H2,1-2H3,(H,23,25). The van der Waals surface area contributed by atoms with Crippen molar-refractivity contribution in [3.8, 4) is 6.07 Å². The minimum atomic E-state index is -0.0199. The molecular weight excluding hydrogens is 312 g/mol. The number of anilines is 1. The van der Waals surface area contributed by atoms with Crippen LogP contribution in [0, 0.1) is 18.3 Å². The van der Waals surface area contributed by atoms with E-state index in [4.69, 9.17) is 5.26 Å². The van der Waals surface area contributed by atoms with Gasteiger partial charge in [-0.15, -0.1) is 0 Å². The lowest BCUT2D eigenvalue weighted by atomic mass is 9.92. The monoisotopic (exact) mass is 334 g/mol. The smallest absolute Gasteiger partial charge is 0.239 e. The Bertz CT molecular complexity index is 803.